The van der Waals surface area contributed by atoms with Crippen LogP contribution in [0, 0.1) is 5.82 Å². The van der Waals surface area contributed by atoms with Crippen LogP contribution in [0.2, 0.25) is 0 Å². The molecule has 3 aromatic heterocycles. The summed E-state index contributed by atoms with van der Waals surface area (Å²) in [5.41, 5.74) is 3.22. The Kier molecular flexibility index (Phi) is 3.20. The molecule has 0 spiro atoms. The van der Waals surface area contributed by atoms with Crippen molar-refractivity contribution in [2.24, 2.45) is 0 Å². The van der Waals surface area contributed by atoms with E-state index in [2.05, 4.69) is 20.4 Å². The summed E-state index contributed by atoms with van der Waals surface area (Å²) in [5.74, 6) is 0.479. The lowest BCUT2D eigenvalue weighted by Gasteiger charge is -2.06. The van der Waals surface area contributed by atoms with Crippen molar-refractivity contribution in [1.82, 2.24) is 19.6 Å². The molecule has 0 aliphatic heterocycles. The molecule has 4 aromatic rings. The monoisotopic (exact) mass is 305 g/mol. The predicted molar refractivity (Wildman–Crippen MR) is 85.9 cm³/mol. The van der Waals surface area contributed by atoms with Gasteiger partial charge in [0.25, 0.3) is 0 Å². The maximum atomic E-state index is 13.1. The zero-order chi connectivity index (χ0) is 15.6. The third kappa shape index (κ3) is 2.62. The number of hydrogen-bond donors (Lipinski definition) is 1. The van der Waals surface area contributed by atoms with Gasteiger partial charge in [0.2, 0.25) is 0 Å². The van der Waals surface area contributed by atoms with Crippen molar-refractivity contribution in [2.75, 3.05) is 5.32 Å². The van der Waals surface area contributed by atoms with Gasteiger partial charge in [-0.1, -0.05) is 0 Å². The summed E-state index contributed by atoms with van der Waals surface area (Å²) in [6.07, 6.45) is 5.14. The molecule has 0 aliphatic carbocycles. The van der Waals surface area contributed by atoms with Crippen LogP contribution < -0.4 is 5.32 Å². The second kappa shape index (κ2) is 5.49. The average Bonchev–Trinajstić information content (AvgIpc) is 2.99. The quantitative estimate of drug-likeness (QED) is 0.627. The molecule has 4 rings (SSSR count). The second-order valence-electron chi connectivity index (χ2n) is 5.00. The van der Waals surface area contributed by atoms with Gasteiger partial charge in [-0.2, -0.15) is 9.61 Å². The molecule has 112 valence electrons. The highest BCUT2D eigenvalue weighted by Crippen LogP contribution is 2.21. The summed E-state index contributed by atoms with van der Waals surface area (Å²) in [6, 6.07) is 13.7. The standard InChI is InChI=1S/C17H12FN5/c18-13-3-1-12(2-4-13)15-5-6-16-20-11-17(23(16)22-15)21-14-7-9-19-10-8-14/h1-11H,(H,19,21). The number of benzene rings is 1. The first-order chi connectivity index (χ1) is 11.3. The van der Waals surface area contributed by atoms with Gasteiger partial charge >= 0.3 is 0 Å². The van der Waals surface area contributed by atoms with Crippen LogP contribution in [-0.2, 0) is 0 Å². The Balaban J connectivity index is 1.75. The number of imidazole rings is 1. The topological polar surface area (TPSA) is 55.1 Å². The largest absolute Gasteiger partial charge is 0.339 e. The third-order valence-corrected chi connectivity index (χ3v) is 3.46. The van der Waals surface area contributed by atoms with Gasteiger partial charge in [0, 0.05) is 23.6 Å². The van der Waals surface area contributed by atoms with E-state index in [0.29, 0.717) is 0 Å². The van der Waals surface area contributed by atoms with Crippen LogP contribution in [-0.4, -0.2) is 19.6 Å². The number of fused-ring (bicyclic) bond motifs is 1. The van der Waals surface area contributed by atoms with E-state index in [-0.39, 0.29) is 5.82 Å². The number of nitrogens with one attached hydrogen (secondary N) is 1. The first-order valence-corrected chi connectivity index (χ1v) is 7.07. The summed E-state index contributed by atoms with van der Waals surface area (Å²) < 4.78 is 14.8. The molecular formula is C17H12FN5. The Morgan fingerprint density at radius 3 is 2.48 bits per heavy atom. The molecule has 1 aromatic carbocycles. The highest BCUT2D eigenvalue weighted by atomic mass is 19.1. The van der Waals surface area contributed by atoms with E-state index in [4.69, 9.17) is 0 Å². The second-order valence-corrected chi connectivity index (χ2v) is 5.00. The number of nitrogens with zero attached hydrogens (tertiary/aromatic N) is 4. The minimum Gasteiger partial charge on any atom is -0.339 e. The number of anilines is 2. The molecule has 0 radical (unpaired) electrons. The Labute approximate surface area is 131 Å². The molecule has 0 aliphatic rings. The summed E-state index contributed by atoms with van der Waals surface area (Å²) >= 11 is 0. The van der Waals surface area contributed by atoms with E-state index >= 15 is 0 Å². The van der Waals surface area contributed by atoms with E-state index in [0.717, 1.165) is 28.4 Å². The van der Waals surface area contributed by atoms with Crippen molar-refractivity contribution in [3.8, 4) is 11.3 Å². The highest BCUT2D eigenvalue weighted by Gasteiger charge is 2.07. The minimum absolute atomic E-state index is 0.266. The minimum atomic E-state index is -0.266. The molecule has 1 N–H and O–H groups in total. The lowest BCUT2D eigenvalue weighted by molar-refractivity contribution is 0.628. The number of halogens is 1. The van der Waals surface area contributed by atoms with Gasteiger partial charge in [-0.25, -0.2) is 9.37 Å². The molecule has 0 unspecified atom stereocenters. The van der Waals surface area contributed by atoms with Crippen LogP contribution in [0.4, 0.5) is 15.9 Å². The zero-order valence-electron chi connectivity index (χ0n) is 12.0. The van der Waals surface area contributed by atoms with Gasteiger partial charge in [0.15, 0.2) is 11.5 Å². The normalized spacial score (nSPS) is 10.8. The SMILES string of the molecule is Fc1ccc(-c2ccc3ncc(Nc4ccncc4)n3n2)cc1. The Hall–Kier alpha value is -3.28. The van der Waals surface area contributed by atoms with E-state index in [1.54, 1.807) is 35.2 Å². The first kappa shape index (κ1) is 13.4. The van der Waals surface area contributed by atoms with Crippen LogP contribution in [0.25, 0.3) is 16.9 Å². The lowest BCUT2D eigenvalue weighted by atomic mass is 10.1. The van der Waals surface area contributed by atoms with Gasteiger partial charge in [0.05, 0.1) is 11.9 Å². The summed E-state index contributed by atoms with van der Waals surface area (Å²) in [6.45, 7) is 0. The molecular weight excluding hydrogens is 293 g/mol. The molecule has 0 fully saturated rings. The lowest BCUT2D eigenvalue weighted by Crippen LogP contribution is -2.00. The maximum absolute atomic E-state index is 13.1. The molecule has 0 bridgehead atoms. The van der Waals surface area contributed by atoms with Crippen molar-refractivity contribution >= 4 is 17.2 Å². The van der Waals surface area contributed by atoms with Gasteiger partial charge < -0.3 is 5.32 Å². The Morgan fingerprint density at radius 1 is 0.913 bits per heavy atom. The van der Waals surface area contributed by atoms with Crippen molar-refractivity contribution in [1.29, 1.82) is 0 Å². The zero-order valence-corrected chi connectivity index (χ0v) is 12.0. The van der Waals surface area contributed by atoms with Gasteiger partial charge in [0.1, 0.15) is 5.82 Å². The first-order valence-electron chi connectivity index (χ1n) is 7.07. The molecule has 0 saturated heterocycles. The molecule has 0 saturated carbocycles. The predicted octanol–water partition coefficient (Wildman–Crippen LogP) is 3.67. The number of pyridine rings is 1. The maximum Gasteiger partial charge on any atom is 0.155 e. The fourth-order valence-corrected chi connectivity index (χ4v) is 2.32. The Bertz CT molecular complexity index is 948. The molecule has 6 heteroatoms. The van der Waals surface area contributed by atoms with Gasteiger partial charge in [-0.15, -0.1) is 0 Å². The number of hydrogen-bond acceptors (Lipinski definition) is 4. The van der Waals surface area contributed by atoms with Crippen LogP contribution in [0.5, 0.6) is 0 Å². The Morgan fingerprint density at radius 2 is 1.70 bits per heavy atom. The molecule has 23 heavy (non-hydrogen) atoms. The summed E-state index contributed by atoms with van der Waals surface area (Å²) in [4.78, 5) is 8.32. The molecule has 5 nitrogen and oxygen atoms in total. The third-order valence-electron chi connectivity index (χ3n) is 3.46. The van der Waals surface area contributed by atoms with Gasteiger partial charge in [-0.05, 0) is 48.5 Å². The van der Waals surface area contributed by atoms with E-state index in [1.807, 2.05) is 24.3 Å². The summed E-state index contributed by atoms with van der Waals surface area (Å²) in [7, 11) is 0. The molecule has 0 atom stereocenters. The summed E-state index contributed by atoms with van der Waals surface area (Å²) in [5, 5.41) is 7.84. The van der Waals surface area contributed by atoms with Crippen LogP contribution in [0.3, 0.4) is 0 Å². The van der Waals surface area contributed by atoms with Gasteiger partial charge in [-0.3, -0.25) is 4.98 Å². The fraction of sp³-hybridized carbons (Fsp3) is 0. The average molecular weight is 305 g/mol. The van der Waals surface area contributed by atoms with Crippen LogP contribution in [0.15, 0.2) is 67.1 Å². The van der Waals surface area contributed by atoms with Crippen molar-refractivity contribution in [2.45, 2.75) is 0 Å². The highest BCUT2D eigenvalue weighted by molar-refractivity contribution is 5.63. The fourth-order valence-electron chi connectivity index (χ4n) is 2.32. The number of aromatic nitrogens is 4. The van der Waals surface area contributed by atoms with Crippen LogP contribution in [0.1, 0.15) is 0 Å². The van der Waals surface area contributed by atoms with Crippen molar-refractivity contribution in [3.05, 3.63) is 72.9 Å². The van der Waals surface area contributed by atoms with Crippen molar-refractivity contribution in [3.63, 3.8) is 0 Å². The number of rotatable bonds is 3. The molecule has 0 amide bonds. The smallest absolute Gasteiger partial charge is 0.155 e. The molecule has 3 heterocycles. The van der Waals surface area contributed by atoms with Crippen LogP contribution >= 0.6 is 0 Å². The van der Waals surface area contributed by atoms with E-state index in [1.165, 1.54) is 12.1 Å². The van der Waals surface area contributed by atoms with E-state index < -0.39 is 0 Å². The van der Waals surface area contributed by atoms with Crippen molar-refractivity contribution < 1.29 is 4.39 Å². The van der Waals surface area contributed by atoms with E-state index in [9.17, 15) is 4.39 Å².